The average molecular weight is 438 g/mol. The Morgan fingerprint density at radius 3 is 2.88 bits per heavy atom. The van der Waals surface area contributed by atoms with Gasteiger partial charge in [0.15, 0.2) is 11.7 Å². The Labute approximate surface area is 162 Å². The van der Waals surface area contributed by atoms with Gasteiger partial charge in [0.2, 0.25) is 0 Å². The molecule has 1 N–H and O–H groups in total. The van der Waals surface area contributed by atoms with Crippen LogP contribution in [0.2, 0.25) is 5.02 Å². The number of ether oxygens (including phenoxy) is 1. The van der Waals surface area contributed by atoms with Crippen LogP contribution in [-0.4, -0.2) is 17.5 Å². The van der Waals surface area contributed by atoms with Gasteiger partial charge in [0, 0.05) is 16.0 Å². The second-order valence-electron chi connectivity index (χ2n) is 5.29. The molecule has 0 atom stereocenters. The number of aryl methyl sites for hydroxylation is 1. The third-order valence-corrected chi connectivity index (χ3v) is 5.05. The molecule has 0 saturated heterocycles. The predicted molar refractivity (Wildman–Crippen MR) is 106 cm³/mol. The Hall–Kier alpha value is -1.89. The Kier molecular flexibility index (Phi) is 5.73. The van der Waals surface area contributed by atoms with Crippen LogP contribution in [0.25, 0.3) is 11.3 Å². The fourth-order valence-corrected chi connectivity index (χ4v) is 3.71. The molecule has 1 aromatic heterocycles. The minimum absolute atomic E-state index is 0.0946. The predicted octanol–water partition coefficient (Wildman–Crippen LogP) is 5.55. The van der Waals surface area contributed by atoms with E-state index >= 15 is 0 Å². The van der Waals surface area contributed by atoms with E-state index < -0.39 is 0 Å². The highest BCUT2D eigenvalue weighted by molar-refractivity contribution is 9.10. The molecule has 0 unspecified atom stereocenters. The molecular weight excluding hydrogens is 424 g/mol. The van der Waals surface area contributed by atoms with Crippen molar-refractivity contribution in [2.75, 3.05) is 11.9 Å². The third-order valence-electron chi connectivity index (χ3n) is 3.35. The highest BCUT2D eigenvalue weighted by atomic mass is 79.9. The first-order valence-corrected chi connectivity index (χ1v) is 9.47. The van der Waals surface area contributed by atoms with Crippen LogP contribution < -0.4 is 10.1 Å². The number of nitrogens with one attached hydrogen (secondary N) is 1. The van der Waals surface area contributed by atoms with Crippen LogP contribution in [0.1, 0.15) is 5.56 Å². The molecule has 0 aliphatic rings. The molecule has 3 aromatic rings. The summed E-state index contributed by atoms with van der Waals surface area (Å²) in [5.41, 5.74) is 2.67. The number of halogens is 2. The first kappa shape index (κ1) is 17.9. The smallest absolute Gasteiger partial charge is 0.264 e. The van der Waals surface area contributed by atoms with Gasteiger partial charge in [-0.15, -0.1) is 11.3 Å². The molecular formula is C18H14BrClN2O2S. The van der Waals surface area contributed by atoms with Gasteiger partial charge in [-0.2, -0.15) is 0 Å². The van der Waals surface area contributed by atoms with Crippen molar-refractivity contribution in [1.29, 1.82) is 0 Å². The number of nitrogens with zero attached hydrogens (tertiary/aromatic N) is 1. The zero-order valence-corrected chi connectivity index (χ0v) is 16.4. The fourth-order valence-electron chi connectivity index (χ4n) is 2.15. The standard InChI is InChI=1S/C18H14BrClN2O2S/c1-11-6-7-16(13(19)8-11)24-9-17(23)22-18-21-15(10-25-18)12-4-2-3-5-14(12)20/h2-8,10H,9H2,1H3,(H,21,22,23). The molecule has 3 rings (SSSR count). The molecule has 25 heavy (non-hydrogen) atoms. The monoisotopic (exact) mass is 436 g/mol. The number of aromatic nitrogens is 1. The van der Waals surface area contributed by atoms with Gasteiger partial charge in [0.25, 0.3) is 5.91 Å². The number of hydrogen-bond donors (Lipinski definition) is 1. The SMILES string of the molecule is Cc1ccc(OCC(=O)Nc2nc(-c3ccccc3Cl)cs2)c(Br)c1. The molecule has 4 nitrogen and oxygen atoms in total. The summed E-state index contributed by atoms with van der Waals surface area (Å²) in [5, 5.41) is 5.72. The zero-order valence-electron chi connectivity index (χ0n) is 13.3. The number of carbonyl (C=O) groups is 1. The van der Waals surface area contributed by atoms with Crippen molar-refractivity contribution in [1.82, 2.24) is 4.98 Å². The van der Waals surface area contributed by atoms with Crippen molar-refractivity contribution < 1.29 is 9.53 Å². The lowest BCUT2D eigenvalue weighted by Gasteiger charge is -2.08. The van der Waals surface area contributed by atoms with Crippen molar-refractivity contribution in [3.8, 4) is 17.0 Å². The average Bonchev–Trinajstić information content (AvgIpc) is 3.02. The van der Waals surface area contributed by atoms with Gasteiger partial charge in [-0.1, -0.05) is 35.9 Å². The highest BCUT2D eigenvalue weighted by Gasteiger charge is 2.11. The summed E-state index contributed by atoms with van der Waals surface area (Å²) in [6.45, 7) is 1.89. The topological polar surface area (TPSA) is 51.2 Å². The van der Waals surface area contributed by atoms with E-state index in [9.17, 15) is 4.79 Å². The number of thiazole rings is 1. The second-order valence-corrected chi connectivity index (χ2v) is 7.41. The molecule has 0 spiro atoms. The van der Waals surface area contributed by atoms with Gasteiger partial charge in [-0.3, -0.25) is 10.1 Å². The number of rotatable bonds is 5. The van der Waals surface area contributed by atoms with Crippen LogP contribution in [0, 0.1) is 6.92 Å². The quantitative estimate of drug-likeness (QED) is 0.569. The summed E-state index contributed by atoms with van der Waals surface area (Å²) >= 11 is 10.9. The van der Waals surface area contributed by atoms with E-state index in [-0.39, 0.29) is 12.5 Å². The minimum Gasteiger partial charge on any atom is -0.483 e. The zero-order chi connectivity index (χ0) is 17.8. The molecule has 0 radical (unpaired) electrons. The summed E-state index contributed by atoms with van der Waals surface area (Å²) in [6, 6.07) is 13.1. The van der Waals surface area contributed by atoms with Gasteiger partial charge in [-0.05, 0) is 46.6 Å². The molecule has 1 heterocycles. The molecule has 2 aromatic carbocycles. The number of amides is 1. The first-order chi connectivity index (χ1) is 12.0. The third kappa shape index (κ3) is 4.60. The van der Waals surface area contributed by atoms with Crippen molar-refractivity contribution >= 4 is 49.9 Å². The van der Waals surface area contributed by atoms with Gasteiger partial charge in [0.05, 0.1) is 10.2 Å². The van der Waals surface area contributed by atoms with Crippen LogP contribution in [0.3, 0.4) is 0 Å². The summed E-state index contributed by atoms with van der Waals surface area (Å²) in [6.07, 6.45) is 0. The molecule has 128 valence electrons. The van der Waals surface area contributed by atoms with E-state index in [1.165, 1.54) is 11.3 Å². The summed E-state index contributed by atoms with van der Waals surface area (Å²) in [7, 11) is 0. The van der Waals surface area contributed by atoms with Crippen molar-refractivity contribution in [3.63, 3.8) is 0 Å². The fraction of sp³-hybridized carbons (Fsp3) is 0.111. The Morgan fingerprint density at radius 1 is 1.32 bits per heavy atom. The van der Waals surface area contributed by atoms with E-state index in [4.69, 9.17) is 16.3 Å². The summed E-state index contributed by atoms with van der Waals surface area (Å²) in [4.78, 5) is 16.5. The van der Waals surface area contributed by atoms with Gasteiger partial charge in [-0.25, -0.2) is 4.98 Å². The van der Waals surface area contributed by atoms with Crippen molar-refractivity contribution in [2.45, 2.75) is 6.92 Å². The lowest BCUT2D eigenvalue weighted by Crippen LogP contribution is -2.20. The Bertz CT molecular complexity index is 914. The van der Waals surface area contributed by atoms with E-state index in [1.54, 1.807) is 0 Å². The van der Waals surface area contributed by atoms with E-state index in [0.717, 1.165) is 21.3 Å². The number of carbonyl (C=O) groups excluding carboxylic acids is 1. The normalized spacial score (nSPS) is 10.5. The molecule has 0 bridgehead atoms. The number of anilines is 1. The maximum absolute atomic E-state index is 12.1. The summed E-state index contributed by atoms with van der Waals surface area (Å²) < 4.78 is 6.35. The molecule has 0 aliphatic carbocycles. The number of benzene rings is 2. The highest BCUT2D eigenvalue weighted by Crippen LogP contribution is 2.30. The van der Waals surface area contributed by atoms with Crippen LogP contribution in [-0.2, 0) is 4.79 Å². The van der Waals surface area contributed by atoms with Crippen LogP contribution in [0.5, 0.6) is 5.75 Å². The lowest BCUT2D eigenvalue weighted by molar-refractivity contribution is -0.118. The van der Waals surface area contributed by atoms with Crippen LogP contribution in [0.15, 0.2) is 52.3 Å². The molecule has 0 fully saturated rings. The maximum atomic E-state index is 12.1. The number of hydrogen-bond acceptors (Lipinski definition) is 4. The van der Waals surface area contributed by atoms with Gasteiger partial charge < -0.3 is 4.74 Å². The van der Waals surface area contributed by atoms with Crippen LogP contribution >= 0.6 is 38.9 Å². The molecule has 0 saturated carbocycles. The summed E-state index contributed by atoms with van der Waals surface area (Å²) in [5.74, 6) is 0.351. The maximum Gasteiger partial charge on any atom is 0.264 e. The minimum atomic E-state index is -0.271. The van der Waals surface area contributed by atoms with E-state index in [1.807, 2.05) is 54.8 Å². The largest absolute Gasteiger partial charge is 0.483 e. The van der Waals surface area contributed by atoms with E-state index in [2.05, 4.69) is 26.2 Å². The van der Waals surface area contributed by atoms with Crippen molar-refractivity contribution in [3.05, 3.63) is 62.9 Å². The van der Waals surface area contributed by atoms with Gasteiger partial charge >= 0.3 is 0 Å². The second kappa shape index (κ2) is 7.99. The molecule has 0 aliphatic heterocycles. The Morgan fingerprint density at radius 2 is 2.12 bits per heavy atom. The first-order valence-electron chi connectivity index (χ1n) is 7.42. The van der Waals surface area contributed by atoms with Gasteiger partial charge in [0.1, 0.15) is 5.75 Å². The lowest BCUT2D eigenvalue weighted by atomic mass is 10.2. The van der Waals surface area contributed by atoms with Crippen LogP contribution in [0.4, 0.5) is 5.13 Å². The van der Waals surface area contributed by atoms with Crippen molar-refractivity contribution in [2.24, 2.45) is 0 Å². The van der Waals surface area contributed by atoms with E-state index in [0.29, 0.717) is 15.9 Å². The Balaban J connectivity index is 1.61. The molecule has 7 heteroatoms. The molecule has 1 amide bonds.